The molecule has 0 saturated carbocycles. The lowest BCUT2D eigenvalue weighted by Gasteiger charge is -2.00. The molecule has 3 heteroatoms. The number of carboxylic acid groups (broad SMARTS) is 1. The Hall–Kier alpha value is -1.22. The molecule has 0 radical (unpaired) electrons. The first-order valence-electron chi connectivity index (χ1n) is 5.22. The van der Waals surface area contributed by atoms with Gasteiger partial charge in [-0.05, 0) is 24.7 Å². The van der Waals surface area contributed by atoms with Crippen LogP contribution < -0.4 is 0 Å². The minimum Gasteiger partial charge on any atom is -0.478 e. The summed E-state index contributed by atoms with van der Waals surface area (Å²) in [5.41, 5.74) is 1.74. The summed E-state index contributed by atoms with van der Waals surface area (Å²) in [5.74, 6) is 1.12. The van der Waals surface area contributed by atoms with Gasteiger partial charge in [-0.3, -0.25) is 0 Å². The third-order valence-electron chi connectivity index (χ3n) is 2.16. The first-order valence-corrected chi connectivity index (χ1v) is 6.37. The average Bonchev–Trinajstić information content (AvgIpc) is 2.29. The standard InChI is InChI=1S/C13H16O2S/c1-11(13(14)15)6-5-9-16-10-12-7-3-2-4-8-12/h2-4,6-8H,5,9-10H2,1H3,(H,14,15). The molecule has 0 aliphatic heterocycles. The molecular weight excluding hydrogens is 220 g/mol. The van der Waals surface area contributed by atoms with Gasteiger partial charge in [0.1, 0.15) is 0 Å². The van der Waals surface area contributed by atoms with Crippen LogP contribution in [0.5, 0.6) is 0 Å². The number of aliphatic carboxylic acids is 1. The first-order chi connectivity index (χ1) is 7.70. The van der Waals surface area contributed by atoms with Crippen molar-refractivity contribution in [3.63, 3.8) is 0 Å². The van der Waals surface area contributed by atoms with Crippen molar-refractivity contribution < 1.29 is 9.90 Å². The predicted octanol–water partition coefficient (Wildman–Crippen LogP) is 3.34. The number of carboxylic acids is 1. The van der Waals surface area contributed by atoms with E-state index in [0.29, 0.717) is 5.57 Å². The van der Waals surface area contributed by atoms with E-state index in [2.05, 4.69) is 12.1 Å². The molecular formula is C13H16O2S. The van der Waals surface area contributed by atoms with Crippen molar-refractivity contribution in [3.05, 3.63) is 47.5 Å². The second-order valence-electron chi connectivity index (χ2n) is 3.52. The fourth-order valence-electron chi connectivity index (χ4n) is 1.21. The van der Waals surface area contributed by atoms with Crippen LogP contribution in [0.2, 0.25) is 0 Å². The van der Waals surface area contributed by atoms with E-state index in [0.717, 1.165) is 17.9 Å². The van der Waals surface area contributed by atoms with E-state index in [1.54, 1.807) is 13.0 Å². The van der Waals surface area contributed by atoms with Gasteiger partial charge in [-0.25, -0.2) is 4.79 Å². The average molecular weight is 236 g/mol. The molecule has 1 rings (SSSR count). The van der Waals surface area contributed by atoms with E-state index >= 15 is 0 Å². The third-order valence-corrected chi connectivity index (χ3v) is 3.22. The number of thioether (sulfide) groups is 1. The molecule has 0 aliphatic carbocycles. The van der Waals surface area contributed by atoms with Crippen LogP contribution in [-0.2, 0) is 10.5 Å². The Balaban J connectivity index is 2.18. The Morgan fingerprint density at radius 3 is 2.69 bits per heavy atom. The van der Waals surface area contributed by atoms with Crippen molar-refractivity contribution in [1.29, 1.82) is 0 Å². The van der Waals surface area contributed by atoms with Gasteiger partial charge < -0.3 is 5.11 Å². The van der Waals surface area contributed by atoms with E-state index in [4.69, 9.17) is 5.11 Å². The lowest BCUT2D eigenvalue weighted by Crippen LogP contribution is -1.95. The monoisotopic (exact) mass is 236 g/mol. The molecule has 0 aliphatic rings. The first kappa shape index (κ1) is 12.8. The van der Waals surface area contributed by atoms with Crippen molar-refractivity contribution in [2.45, 2.75) is 19.1 Å². The summed E-state index contributed by atoms with van der Waals surface area (Å²) >= 11 is 1.82. The molecule has 1 aromatic rings. The van der Waals surface area contributed by atoms with Gasteiger partial charge in [0.05, 0.1) is 0 Å². The Kier molecular flexibility index (Phi) is 5.72. The lowest BCUT2D eigenvalue weighted by atomic mass is 10.2. The highest BCUT2D eigenvalue weighted by Gasteiger charge is 1.98. The highest BCUT2D eigenvalue weighted by atomic mass is 32.2. The van der Waals surface area contributed by atoms with Crippen LogP contribution in [0, 0.1) is 0 Å². The maximum absolute atomic E-state index is 10.5. The van der Waals surface area contributed by atoms with Gasteiger partial charge in [0.2, 0.25) is 0 Å². The molecule has 16 heavy (non-hydrogen) atoms. The Morgan fingerprint density at radius 1 is 1.38 bits per heavy atom. The van der Waals surface area contributed by atoms with Gasteiger partial charge in [0.15, 0.2) is 0 Å². The van der Waals surface area contributed by atoms with Crippen molar-refractivity contribution in [3.8, 4) is 0 Å². The minimum absolute atomic E-state index is 0.431. The van der Waals surface area contributed by atoms with Gasteiger partial charge in [0.25, 0.3) is 0 Å². The minimum atomic E-state index is -0.826. The third kappa shape index (κ3) is 5.03. The SMILES string of the molecule is CC(=CCCSCc1ccccc1)C(=O)O. The van der Waals surface area contributed by atoms with Crippen LogP contribution in [0.15, 0.2) is 42.0 Å². The van der Waals surface area contributed by atoms with Crippen LogP contribution in [0.4, 0.5) is 0 Å². The summed E-state index contributed by atoms with van der Waals surface area (Å²) in [4.78, 5) is 10.5. The molecule has 1 N–H and O–H groups in total. The van der Waals surface area contributed by atoms with Gasteiger partial charge in [-0.2, -0.15) is 11.8 Å². The van der Waals surface area contributed by atoms with Gasteiger partial charge in [0, 0.05) is 11.3 Å². The predicted molar refractivity (Wildman–Crippen MR) is 68.6 cm³/mol. The molecule has 2 nitrogen and oxygen atoms in total. The number of hydrogen-bond acceptors (Lipinski definition) is 2. The topological polar surface area (TPSA) is 37.3 Å². The molecule has 1 aromatic carbocycles. The molecule has 0 spiro atoms. The van der Waals surface area contributed by atoms with E-state index in [1.807, 2.05) is 30.0 Å². The number of allylic oxidation sites excluding steroid dienone is 1. The summed E-state index contributed by atoms with van der Waals surface area (Å²) in [6, 6.07) is 10.3. The van der Waals surface area contributed by atoms with Crippen molar-refractivity contribution in [2.75, 3.05) is 5.75 Å². The van der Waals surface area contributed by atoms with E-state index < -0.39 is 5.97 Å². The molecule has 86 valence electrons. The van der Waals surface area contributed by atoms with E-state index in [-0.39, 0.29) is 0 Å². The molecule has 0 bridgehead atoms. The van der Waals surface area contributed by atoms with E-state index in [9.17, 15) is 4.79 Å². The summed E-state index contributed by atoms with van der Waals surface area (Å²) in [7, 11) is 0. The van der Waals surface area contributed by atoms with Gasteiger partial charge in [-0.15, -0.1) is 0 Å². The van der Waals surface area contributed by atoms with Gasteiger partial charge >= 0.3 is 5.97 Å². The Labute approximate surface area is 100 Å². The quantitative estimate of drug-likeness (QED) is 0.608. The Bertz CT molecular complexity index is 357. The molecule has 0 amide bonds. The number of benzene rings is 1. The number of carbonyl (C=O) groups is 1. The largest absolute Gasteiger partial charge is 0.478 e. The molecule has 0 unspecified atom stereocenters. The summed E-state index contributed by atoms with van der Waals surface area (Å²) in [6.07, 6.45) is 2.59. The van der Waals surface area contributed by atoms with Crippen molar-refractivity contribution in [1.82, 2.24) is 0 Å². The van der Waals surface area contributed by atoms with Crippen LogP contribution in [0.3, 0.4) is 0 Å². The zero-order valence-corrected chi connectivity index (χ0v) is 10.2. The number of hydrogen-bond donors (Lipinski definition) is 1. The molecule has 0 saturated heterocycles. The van der Waals surface area contributed by atoms with Crippen molar-refractivity contribution >= 4 is 17.7 Å². The van der Waals surface area contributed by atoms with Gasteiger partial charge in [-0.1, -0.05) is 36.4 Å². The molecule has 0 heterocycles. The van der Waals surface area contributed by atoms with Crippen LogP contribution in [-0.4, -0.2) is 16.8 Å². The second-order valence-corrected chi connectivity index (χ2v) is 4.62. The maximum Gasteiger partial charge on any atom is 0.330 e. The van der Waals surface area contributed by atoms with Crippen LogP contribution in [0.25, 0.3) is 0 Å². The normalized spacial score (nSPS) is 11.4. The molecule has 0 fully saturated rings. The highest BCUT2D eigenvalue weighted by molar-refractivity contribution is 7.98. The fraction of sp³-hybridized carbons (Fsp3) is 0.308. The van der Waals surface area contributed by atoms with Crippen molar-refractivity contribution in [2.24, 2.45) is 0 Å². The molecule has 0 aromatic heterocycles. The van der Waals surface area contributed by atoms with E-state index in [1.165, 1.54) is 5.56 Å². The smallest absolute Gasteiger partial charge is 0.330 e. The maximum atomic E-state index is 10.5. The lowest BCUT2D eigenvalue weighted by molar-refractivity contribution is -0.132. The highest BCUT2D eigenvalue weighted by Crippen LogP contribution is 2.13. The van der Waals surface area contributed by atoms with Crippen LogP contribution in [0.1, 0.15) is 18.9 Å². The second kappa shape index (κ2) is 7.12. The summed E-state index contributed by atoms with van der Waals surface area (Å²) < 4.78 is 0. The molecule has 0 atom stereocenters. The zero-order valence-electron chi connectivity index (χ0n) is 9.35. The summed E-state index contributed by atoms with van der Waals surface area (Å²) in [5, 5.41) is 8.64. The Morgan fingerprint density at radius 2 is 2.06 bits per heavy atom. The van der Waals surface area contributed by atoms with Crippen LogP contribution >= 0.6 is 11.8 Å². The fourth-order valence-corrected chi connectivity index (χ4v) is 2.07. The zero-order chi connectivity index (χ0) is 11.8. The summed E-state index contributed by atoms with van der Waals surface area (Å²) in [6.45, 7) is 1.63. The number of rotatable bonds is 6.